The summed E-state index contributed by atoms with van der Waals surface area (Å²) in [5, 5.41) is 6.87. The zero-order chi connectivity index (χ0) is 16.3. The average molecular weight is 337 g/mol. The molecule has 1 aliphatic heterocycles. The molecule has 2 aromatic rings. The predicted molar refractivity (Wildman–Crippen MR) is 85.9 cm³/mol. The van der Waals surface area contributed by atoms with Crippen molar-refractivity contribution < 1.29 is 17.7 Å². The largest absolute Gasteiger partial charge is 0.381 e. The number of ether oxygens (including phenoxy) is 1. The highest BCUT2D eigenvalue weighted by Crippen LogP contribution is 2.29. The van der Waals surface area contributed by atoms with Crippen molar-refractivity contribution in [3.05, 3.63) is 30.3 Å². The normalized spacial score (nSPS) is 17.8. The number of hydrogen-bond acceptors (Lipinski definition) is 7. The van der Waals surface area contributed by atoms with E-state index in [4.69, 9.17) is 9.26 Å². The quantitative estimate of drug-likeness (QED) is 0.888. The van der Waals surface area contributed by atoms with Gasteiger partial charge in [0, 0.05) is 31.6 Å². The van der Waals surface area contributed by atoms with Gasteiger partial charge in [-0.15, -0.1) is 0 Å². The van der Waals surface area contributed by atoms with Gasteiger partial charge in [0.1, 0.15) is 0 Å². The van der Waals surface area contributed by atoms with E-state index in [2.05, 4.69) is 15.5 Å². The van der Waals surface area contributed by atoms with Crippen molar-refractivity contribution in [3.8, 4) is 11.5 Å². The number of hydrogen-bond donors (Lipinski definition) is 1. The molecule has 0 atom stereocenters. The van der Waals surface area contributed by atoms with E-state index in [1.807, 2.05) is 30.3 Å². The van der Waals surface area contributed by atoms with Crippen LogP contribution in [0.3, 0.4) is 0 Å². The molecule has 124 valence electrons. The van der Waals surface area contributed by atoms with Crippen LogP contribution in [-0.4, -0.2) is 49.3 Å². The average Bonchev–Trinajstić information content (AvgIpc) is 3.03. The van der Waals surface area contributed by atoms with Gasteiger partial charge in [-0.25, -0.2) is 8.42 Å². The monoisotopic (exact) mass is 337 g/mol. The molecule has 8 heteroatoms. The van der Waals surface area contributed by atoms with Crippen LogP contribution in [0.1, 0.15) is 12.8 Å². The Bertz CT molecular complexity index is 752. The van der Waals surface area contributed by atoms with E-state index in [0.29, 0.717) is 37.9 Å². The zero-order valence-electron chi connectivity index (χ0n) is 12.9. The third-order valence-electron chi connectivity index (χ3n) is 4.21. The number of rotatable bonds is 5. The molecule has 23 heavy (non-hydrogen) atoms. The van der Waals surface area contributed by atoms with Crippen molar-refractivity contribution in [2.24, 2.45) is 0 Å². The standard InChI is InChI=1S/C15H19N3O4S/c1-23(19,20)15(7-9-21-10-8-15)11-16-14-17-13(22-18-14)12-5-3-2-4-6-12/h2-6H,7-11H2,1H3,(H,16,18). The smallest absolute Gasteiger partial charge is 0.263 e. The highest BCUT2D eigenvalue weighted by atomic mass is 32.2. The minimum Gasteiger partial charge on any atom is -0.381 e. The van der Waals surface area contributed by atoms with Crippen LogP contribution in [0, 0.1) is 0 Å². The van der Waals surface area contributed by atoms with Gasteiger partial charge in [0.2, 0.25) is 0 Å². The van der Waals surface area contributed by atoms with Crippen LogP contribution in [0.25, 0.3) is 11.5 Å². The van der Waals surface area contributed by atoms with Crippen LogP contribution in [0.15, 0.2) is 34.9 Å². The lowest BCUT2D eigenvalue weighted by atomic mass is 9.99. The molecule has 1 aromatic carbocycles. The predicted octanol–water partition coefficient (Wildman–Crippen LogP) is 1.74. The molecule has 1 N–H and O–H groups in total. The summed E-state index contributed by atoms with van der Waals surface area (Å²) in [5.74, 6) is 0.687. The highest BCUT2D eigenvalue weighted by molar-refractivity contribution is 7.92. The molecule has 7 nitrogen and oxygen atoms in total. The van der Waals surface area contributed by atoms with Crippen LogP contribution < -0.4 is 5.32 Å². The first kappa shape index (κ1) is 15.9. The van der Waals surface area contributed by atoms with E-state index >= 15 is 0 Å². The van der Waals surface area contributed by atoms with Crippen LogP contribution in [0.5, 0.6) is 0 Å². The summed E-state index contributed by atoms with van der Waals surface area (Å²) in [6.45, 7) is 1.12. The van der Waals surface area contributed by atoms with Gasteiger partial charge in [-0.3, -0.25) is 0 Å². The third kappa shape index (κ3) is 3.37. The molecule has 0 aliphatic carbocycles. The summed E-state index contributed by atoms with van der Waals surface area (Å²) in [6, 6.07) is 9.40. The number of aromatic nitrogens is 2. The molecule has 0 saturated carbocycles. The van der Waals surface area contributed by atoms with Crippen molar-refractivity contribution in [3.63, 3.8) is 0 Å². The molecule has 0 spiro atoms. The van der Waals surface area contributed by atoms with Gasteiger partial charge in [0.15, 0.2) is 9.84 Å². The minimum absolute atomic E-state index is 0.239. The van der Waals surface area contributed by atoms with Crippen molar-refractivity contribution in [2.45, 2.75) is 17.6 Å². The fourth-order valence-electron chi connectivity index (χ4n) is 2.66. The summed E-state index contributed by atoms with van der Waals surface area (Å²) >= 11 is 0. The number of benzene rings is 1. The third-order valence-corrected chi connectivity index (χ3v) is 6.33. The van der Waals surface area contributed by atoms with Gasteiger partial charge < -0.3 is 14.6 Å². The molecule has 0 radical (unpaired) electrons. The molecule has 1 saturated heterocycles. The lowest BCUT2D eigenvalue weighted by Gasteiger charge is -2.35. The molecule has 1 aliphatic rings. The van der Waals surface area contributed by atoms with E-state index in [-0.39, 0.29) is 6.54 Å². The topological polar surface area (TPSA) is 94.3 Å². The first-order chi connectivity index (χ1) is 11.0. The van der Waals surface area contributed by atoms with Gasteiger partial charge in [-0.1, -0.05) is 18.2 Å². The summed E-state index contributed by atoms with van der Waals surface area (Å²) < 4.78 is 34.0. The van der Waals surface area contributed by atoms with Crippen LogP contribution in [-0.2, 0) is 14.6 Å². The van der Waals surface area contributed by atoms with Crippen molar-refractivity contribution in [1.82, 2.24) is 10.1 Å². The van der Waals surface area contributed by atoms with Crippen molar-refractivity contribution in [1.29, 1.82) is 0 Å². The SMILES string of the molecule is CS(=O)(=O)C1(CNc2noc(-c3ccccc3)n2)CCOCC1. The molecule has 1 aromatic heterocycles. The van der Waals surface area contributed by atoms with E-state index < -0.39 is 14.6 Å². The van der Waals surface area contributed by atoms with Gasteiger partial charge in [-0.05, 0) is 30.1 Å². The maximum absolute atomic E-state index is 12.2. The second-order valence-corrected chi connectivity index (χ2v) is 8.12. The van der Waals surface area contributed by atoms with E-state index in [9.17, 15) is 8.42 Å². The number of nitrogens with zero attached hydrogens (tertiary/aromatic N) is 2. The Morgan fingerprint density at radius 3 is 2.57 bits per heavy atom. The summed E-state index contributed by atoms with van der Waals surface area (Å²) in [7, 11) is -3.23. The molecule has 0 amide bonds. The molecule has 2 heterocycles. The maximum atomic E-state index is 12.2. The van der Waals surface area contributed by atoms with E-state index in [0.717, 1.165) is 5.56 Å². The Kier molecular flexibility index (Phi) is 4.36. The minimum atomic E-state index is -3.23. The van der Waals surface area contributed by atoms with Crippen LogP contribution in [0.4, 0.5) is 5.95 Å². The Balaban J connectivity index is 1.73. The lowest BCUT2D eigenvalue weighted by Crippen LogP contribution is -2.48. The van der Waals surface area contributed by atoms with Crippen LogP contribution in [0.2, 0.25) is 0 Å². The van der Waals surface area contributed by atoms with Gasteiger partial charge >= 0.3 is 0 Å². The Morgan fingerprint density at radius 1 is 1.22 bits per heavy atom. The maximum Gasteiger partial charge on any atom is 0.263 e. The molecule has 0 bridgehead atoms. The zero-order valence-corrected chi connectivity index (χ0v) is 13.7. The summed E-state index contributed by atoms with van der Waals surface area (Å²) in [6.07, 6.45) is 2.19. The van der Waals surface area contributed by atoms with Gasteiger partial charge in [-0.2, -0.15) is 4.98 Å². The van der Waals surface area contributed by atoms with Crippen molar-refractivity contribution in [2.75, 3.05) is 31.3 Å². The highest BCUT2D eigenvalue weighted by Gasteiger charge is 2.42. The van der Waals surface area contributed by atoms with Crippen LogP contribution >= 0.6 is 0 Å². The Labute approximate surface area is 135 Å². The van der Waals surface area contributed by atoms with Gasteiger partial charge in [0.05, 0.1) is 4.75 Å². The van der Waals surface area contributed by atoms with E-state index in [1.54, 1.807) is 0 Å². The fraction of sp³-hybridized carbons (Fsp3) is 0.467. The number of nitrogens with one attached hydrogen (secondary N) is 1. The molecular formula is C15H19N3O4S. The molecule has 3 rings (SSSR count). The van der Waals surface area contributed by atoms with Crippen molar-refractivity contribution >= 4 is 15.8 Å². The molecule has 1 fully saturated rings. The number of sulfone groups is 1. The summed E-state index contributed by atoms with van der Waals surface area (Å²) in [5.41, 5.74) is 0.817. The molecular weight excluding hydrogens is 318 g/mol. The number of anilines is 1. The molecule has 0 unspecified atom stereocenters. The first-order valence-electron chi connectivity index (χ1n) is 7.41. The lowest BCUT2D eigenvalue weighted by molar-refractivity contribution is 0.0776. The second kappa shape index (κ2) is 6.29. The van der Waals surface area contributed by atoms with Gasteiger partial charge in [0.25, 0.3) is 11.8 Å². The fourth-order valence-corrected chi connectivity index (χ4v) is 3.90. The Hall–Kier alpha value is -1.93. The summed E-state index contributed by atoms with van der Waals surface area (Å²) in [4.78, 5) is 4.26. The van der Waals surface area contributed by atoms with E-state index in [1.165, 1.54) is 6.26 Å². The Morgan fingerprint density at radius 2 is 1.91 bits per heavy atom. The second-order valence-electron chi connectivity index (χ2n) is 5.71. The first-order valence-corrected chi connectivity index (χ1v) is 9.30.